The molecule has 8 heteroatoms. The first-order valence-electron chi connectivity index (χ1n) is 9.01. The maximum absolute atomic E-state index is 12.3. The molecule has 0 aliphatic carbocycles. The average molecular weight is 406 g/mol. The van der Waals surface area contributed by atoms with Crippen LogP contribution in [0.3, 0.4) is 0 Å². The second kappa shape index (κ2) is 8.92. The Morgan fingerprint density at radius 2 is 1.83 bits per heavy atom. The predicted octanol–water partition coefficient (Wildman–Crippen LogP) is 3.10. The third-order valence-electron chi connectivity index (χ3n) is 4.26. The van der Waals surface area contributed by atoms with Crippen LogP contribution in [-0.2, 0) is 14.3 Å². The van der Waals surface area contributed by atoms with Crippen molar-refractivity contribution in [2.45, 2.75) is 20.0 Å². The summed E-state index contributed by atoms with van der Waals surface area (Å²) >= 11 is 0. The molecule has 1 N–H and O–H groups in total. The van der Waals surface area contributed by atoms with E-state index in [4.69, 9.17) is 14.2 Å². The van der Waals surface area contributed by atoms with Gasteiger partial charge in [0.2, 0.25) is 6.79 Å². The summed E-state index contributed by atoms with van der Waals surface area (Å²) in [6, 6.07) is 13.1. The summed E-state index contributed by atoms with van der Waals surface area (Å²) in [5.74, 6) is -0.495. The Hall–Kier alpha value is -4.12. The maximum atomic E-state index is 12.3. The highest BCUT2D eigenvalue weighted by Gasteiger charge is 2.21. The molecule has 0 aromatic heterocycles. The third-order valence-corrected chi connectivity index (χ3v) is 4.26. The van der Waals surface area contributed by atoms with E-state index in [-0.39, 0.29) is 18.1 Å². The van der Waals surface area contributed by atoms with Gasteiger partial charge in [-0.1, -0.05) is 6.07 Å². The lowest BCUT2D eigenvalue weighted by Gasteiger charge is -2.13. The molecule has 2 aromatic carbocycles. The van der Waals surface area contributed by atoms with E-state index >= 15 is 0 Å². The Morgan fingerprint density at radius 3 is 2.50 bits per heavy atom. The van der Waals surface area contributed by atoms with Gasteiger partial charge in [-0.15, -0.1) is 0 Å². The number of nitrogens with zero attached hydrogens (tertiary/aromatic N) is 1. The minimum Gasteiger partial charge on any atom is -0.454 e. The number of hydrogen-bond donors (Lipinski definition) is 1. The van der Waals surface area contributed by atoms with Gasteiger partial charge in [0.1, 0.15) is 11.6 Å². The quantitative estimate of drug-likeness (QED) is 0.339. The van der Waals surface area contributed by atoms with E-state index in [1.54, 1.807) is 48.5 Å². The molecule has 1 aliphatic heterocycles. The Kier molecular flexibility index (Phi) is 6.13. The van der Waals surface area contributed by atoms with Crippen LogP contribution in [0.25, 0.3) is 6.08 Å². The molecular formula is C22H18N2O6. The molecule has 152 valence electrons. The van der Waals surface area contributed by atoms with Gasteiger partial charge in [0.05, 0.1) is 0 Å². The normalized spacial score (nSPS) is 13.2. The number of benzene rings is 2. The van der Waals surface area contributed by atoms with Gasteiger partial charge in [-0.2, -0.15) is 5.26 Å². The van der Waals surface area contributed by atoms with E-state index in [2.05, 4.69) is 5.32 Å². The number of hydrogen-bond acceptors (Lipinski definition) is 7. The molecule has 1 atom stereocenters. The molecule has 0 saturated carbocycles. The Morgan fingerprint density at radius 1 is 1.13 bits per heavy atom. The van der Waals surface area contributed by atoms with E-state index in [1.165, 1.54) is 19.9 Å². The van der Waals surface area contributed by atoms with Crippen LogP contribution < -0.4 is 14.8 Å². The van der Waals surface area contributed by atoms with Gasteiger partial charge in [0, 0.05) is 11.3 Å². The predicted molar refractivity (Wildman–Crippen MR) is 107 cm³/mol. The number of Topliss-reactive ketones (excluding diaryl/α,β-unsaturated/α-hetero) is 1. The van der Waals surface area contributed by atoms with Crippen molar-refractivity contribution in [2.75, 3.05) is 12.1 Å². The van der Waals surface area contributed by atoms with Crippen molar-refractivity contribution in [1.82, 2.24) is 0 Å². The van der Waals surface area contributed by atoms with Crippen molar-refractivity contribution < 1.29 is 28.6 Å². The van der Waals surface area contributed by atoms with Crippen LogP contribution in [0.1, 0.15) is 29.8 Å². The summed E-state index contributed by atoms with van der Waals surface area (Å²) in [4.78, 5) is 35.9. The first-order chi connectivity index (χ1) is 14.4. The molecule has 2 aromatic rings. The fraction of sp³-hybridized carbons (Fsp3) is 0.182. The van der Waals surface area contributed by atoms with Crippen molar-refractivity contribution in [3.63, 3.8) is 0 Å². The molecule has 0 spiro atoms. The van der Waals surface area contributed by atoms with Crippen LogP contribution in [0.15, 0.2) is 48.0 Å². The monoisotopic (exact) mass is 406 g/mol. The standard InChI is InChI=1S/C22H18N2O6/c1-13(25)16-4-6-18(7-5-16)24-21(26)14(2)30-22(27)17(11-23)9-15-3-8-19-20(10-15)29-12-28-19/h3-10,14H,12H2,1-2H3,(H,24,26)/b17-9+. The van der Waals surface area contributed by atoms with Gasteiger partial charge < -0.3 is 19.5 Å². The van der Waals surface area contributed by atoms with E-state index in [0.29, 0.717) is 28.3 Å². The number of carbonyl (C=O) groups is 3. The molecule has 0 saturated heterocycles. The van der Waals surface area contributed by atoms with Crippen molar-refractivity contribution in [3.05, 3.63) is 59.2 Å². The topological polar surface area (TPSA) is 115 Å². The number of ether oxygens (including phenoxy) is 3. The zero-order chi connectivity index (χ0) is 21.7. The van der Waals surface area contributed by atoms with Crippen molar-refractivity contribution in [2.24, 2.45) is 0 Å². The summed E-state index contributed by atoms with van der Waals surface area (Å²) < 4.78 is 15.6. The highest BCUT2D eigenvalue weighted by molar-refractivity contribution is 6.01. The SMILES string of the molecule is CC(=O)c1ccc(NC(=O)C(C)OC(=O)/C(C#N)=C/c2ccc3c(c2)OCO3)cc1. The molecular weight excluding hydrogens is 388 g/mol. The molecule has 0 bridgehead atoms. The molecule has 1 amide bonds. The highest BCUT2D eigenvalue weighted by atomic mass is 16.7. The molecule has 1 unspecified atom stereocenters. The smallest absolute Gasteiger partial charge is 0.349 e. The van der Waals surface area contributed by atoms with Gasteiger partial charge in [0.15, 0.2) is 23.4 Å². The first kappa shape index (κ1) is 20.6. The van der Waals surface area contributed by atoms with E-state index in [1.807, 2.05) is 0 Å². The fourth-order valence-corrected chi connectivity index (χ4v) is 2.62. The number of carbonyl (C=O) groups excluding carboxylic acids is 3. The third kappa shape index (κ3) is 4.83. The van der Waals surface area contributed by atoms with E-state index < -0.39 is 18.0 Å². The minimum absolute atomic E-state index is 0.0894. The van der Waals surface area contributed by atoms with Gasteiger partial charge >= 0.3 is 5.97 Å². The van der Waals surface area contributed by atoms with Crippen molar-refractivity contribution >= 4 is 29.4 Å². The van der Waals surface area contributed by atoms with Crippen LogP contribution in [0.5, 0.6) is 11.5 Å². The zero-order valence-electron chi connectivity index (χ0n) is 16.3. The average Bonchev–Trinajstić information content (AvgIpc) is 3.20. The lowest BCUT2D eigenvalue weighted by molar-refractivity contribution is -0.148. The van der Waals surface area contributed by atoms with E-state index in [9.17, 15) is 19.6 Å². The summed E-state index contributed by atoms with van der Waals surface area (Å²) in [6.45, 7) is 2.95. The number of esters is 1. The summed E-state index contributed by atoms with van der Waals surface area (Å²) in [5, 5.41) is 11.9. The molecule has 1 aliphatic rings. The molecule has 0 radical (unpaired) electrons. The minimum atomic E-state index is -1.14. The zero-order valence-corrected chi connectivity index (χ0v) is 16.3. The number of rotatable bonds is 6. The molecule has 30 heavy (non-hydrogen) atoms. The first-order valence-corrected chi connectivity index (χ1v) is 9.01. The van der Waals surface area contributed by atoms with Gasteiger partial charge in [0.25, 0.3) is 5.91 Å². The largest absolute Gasteiger partial charge is 0.454 e. The lowest BCUT2D eigenvalue weighted by Crippen LogP contribution is -2.30. The Bertz CT molecular complexity index is 1070. The number of anilines is 1. The maximum Gasteiger partial charge on any atom is 0.349 e. The number of fused-ring (bicyclic) bond motifs is 1. The number of nitrogens with one attached hydrogen (secondary N) is 1. The van der Waals surface area contributed by atoms with Gasteiger partial charge in [-0.05, 0) is 61.9 Å². The van der Waals surface area contributed by atoms with Crippen LogP contribution in [0.4, 0.5) is 5.69 Å². The van der Waals surface area contributed by atoms with Crippen LogP contribution in [-0.4, -0.2) is 30.6 Å². The van der Waals surface area contributed by atoms with Gasteiger partial charge in [-0.3, -0.25) is 9.59 Å². The summed E-state index contributed by atoms with van der Waals surface area (Å²) in [6.07, 6.45) is 0.202. The van der Waals surface area contributed by atoms with Crippen molar-refractivity contribution in [1.29, 1.82) is 5.26 Å². The van der Waals surface area contributed by atoms with E-state index in [0.717, 1.165) is 0 Å². The number of nitriles is 1. The van der Waals surface area contributed by atoms with Crippen LogP contribution >= 0.6 is 0 Å². The molecule has 3 rings (SSSR count). The second-order valence-electron chi connectivity index (χ2n) is 6.45. The Labute approximate surface area is 172 Å². The fourth-order valence-electron chi connectivity index (χ4n) is 2.62. The van der Waals surface area contributed by atoms with Crippen molar-refractivity contribution in [3.8, 4) is 17.6 Å². The summed E-state index contributed by atoms with van der Waals surface area (Å²) in [5.41, 5.74) is 1.25. The highest BCUT2D eigenvalue weighted by Crippen LogP contribution is 2.33. The lowest BCUT2D eigenvalue weighted by atomic mass is 10.1. The second-order valence-corrected chi connectivity index (χ2v) is 6.45. The van der Waals surface area contributed by atoms with Gasteiger partial charge in [-0.25, -0.2) is 4.79 Å². The Balaban J connectivity index is 1.63. The number of amides is 1. The molecule has 0 fully saturated rings. The number of ketones is 1. The summed E-state index contributed by atoms with van der Waals surface area (Å²) in [7, 11) is 0. The van der Waals surface area contributed by atoms with Crippen LogP contribution in [0, 0.1) is 11.3 Å². The molecule has 8 nitrogen and oxygen atoms in total. The van der Waals surface area contributed by atoms with Crippen LogP contribution in [0.2, 0.25) is 0 Å². The molecule has 1 heterocycles.